The van der Waals surface area contributed by atoms with E-state index in [-0.39, 0.29) is 16.5 Å². The number of hydrogen-bond donors (Lipinski definition) is 3. The number of fused-ring (bicyclic) bond motifs is 1. The maximum atomic E-state index is 11.8. The fourth-order valence-corrected chi connectivity index (χ4v) is 2.71. The summed E-state index contributed by atoms with van der Waals surface area (Å²) < 4.78 is 0. The number of nitrogens with one attached hydrogen (secondary N) is 2. The van der Waals surface area contributed by atoms with E-state index in [2.05, 4.69) is 19.9 Å². The first-order chi connectivity index (χ1) is 10.1. The summed E-state index contributed by atoms with van der Waals surface area (Å²) in [6.45, 7) is 0. The summed E-state index contributed by atoms with van der Waals surface area (Å²) in [4.78, 5) is 25.2. The number of nitrogens with zero attached hydrogens (tertiary/aromatic N) is 3. The summed E-state index contributed by atoms with van der Waals surface area (Å²) in [7, 11) is 0. The zero-order valence-electron chi connectivity index (χ0n) is 10.6. The van der Waals surface area contributed by atoms with Crippen molar-refractivity contribution in [2.24, 2.45) is 0 Å². The van der Waals surface area contributed by atoms with E-state index in [4.69, 9.17) is 5.21 Å². The zero-order valence-corrected chi connectivity index (χ0v) is 11.4. The molecule has 0 aliphatic rings. The standard InChI is InChI=1S/C12H10N5O3S/c18-11-9-10(14-6-13-9)15-12(16-11)21-5-7-3-1-2-4-8(7)17(19)20/h1-4,6,19H,5H2,(H2,13,14,15,16,18)/q-1. The molecule has 0 aliphatic heterocycles. The van der Waals surface area contributed by atoms with E-state index in [0.717, 1.165) is 0 Å². The monoisotopic (exact) mass is 304 g/mol. The molecule has 3 rings (SSSR count). The first-order valence-electron chi connectivity index (χ1n) is 5.95. The number of benzene rings is 1. The molecule has 2 heterocycles. The van der Waals surface area contributed by atoms with Gasteiger partial charge in [0.05, 0.1) is 12.0 Å². The van der Waals surface area contributed by atoms with E-state index in [1.807, 2.05) is 0 Å². The van der Waals surface area contributed by atoms with Gasteiger partial charge in [0.1, 0.15) is 0 Å². The van der Waals surface area contributed by atoms with Crippen LogP contribution in [-0.2, 0) is 5.75 Å². The van der Waals surface area contributed by atoms with E-state index >= 15 is 0 Å². The van der Waals surface area contributed by atoms with Crippen molar-refractivity contribution in [1.82, 2.24) is 19.9 Å². The van der Waals surface area contributed by atoms with Crippen molar-refractivity contribution in [3.8, 4) is 0 Å². The lowest BCUT2D eigenvalue weighted by Gasteiger charge is -2.24. The molecule has 0 saturated heterocycles. The third-order valence-electron chi connectivity index (χ3n) is 2.84. The molecule has 21 heavy (non-hydrogen) atoms. The Morgan fingerprint density at radius 3 is 3.00 bits per heavy atom. The van der Waals surface area contributed by atoms with Crippen molar-refractivity contribution in [3.05, 3.63) is 51.7 Å². The van der Waals surface area contributed by atoms with Crippen molar-refractivity contribution >= 4 is 28.6 Å². The molecular formula is C12H10N5O3S-. The molecule has 3 aromatic rings. The molecule has 9 heteroatoms. The van der Waals surface area contributed by atoms with Gasteiger partial charge < -0.3 is 15.4 Å². The molecule has 0 amide bonds. The molecule has 0 unspecified atom stereocenters. The third kappa shape index (κ3) is 2.75. The summed E-state index contributed by atoms with van der Waals surface area (Å²) in [6.07, 6.45) is 1.40. The Hall–Kier alpha value is -2.36. The number of H-pyrrole nitrogens is 2. The highest BCUT2D eigenvalue weighted by Gasteiger charge is 2.08. The second-order valence-corrected chi connectivity index (χ2v) is 5.13. The van der Waals surface area contributed by atoms with Crippen LogP contribution in [0.25, 0.3) is 11.2 Å². The number of rotatable bonds is 4. The fourth-order valence-electron chi connectivity index (χ4n) is 1.86. The van der Waals surface area contributed by atoms with Gasteiger partial charge in [-0.2, -0.15) is 0 Å². The molecule has 0 radical (unpaired) electrons. The third-order valence-corrected chi connectivity index (χ3v) is 3.76. The van der Waals surface area contributed by atoms with E-state index in [1.165, 1.54) is 24.2 Å². The highest BCUT2D eigenvalue weighted by molar-refractivity contribution is 7.98. The minimum atomic E-state index is -0.305. The van der Waals surface area contributed by atoms with Crippen LogP contribution in [0.1, 0.15) is 5.56 Å². The Kier molecular flexibility index (Phi) is 3.60. The largest absolute Gasteiger partial charge is 0.733 e. The van der Waals surface area contributed by atoms with Crippen molar-refractivity contribution in [3.63, 3.8) is 0 Å². The summed E-state index contributed by atoms with van der Waals surface area (Å²) in [5, 5.41) is 20.3. The van der Waals surface area contributed by atoms with Crippen LogP contribution >= 0.6 is 11.8 Å². The Morgan fingerprint density at radius 1 is 1.38 bits per heavy atom. The number of aromatic amines is 2. The van der Waals surface area contributed by atoms with Gasteiger partial charge in [-0.3, -0.25) is 15.0 Å². The van der Waals surface area contributed by atoms with Crippen LogP contribution in [0.15, 0.2) is 40.5 Å². The van der Waals surface area contributed by atoms with Gasteiger partial charge in [0.25, 0.3) is 5.56 Å². The van der Waals surface area contributed by atoms with Crippen molar-refractivity contribution in [2.45, 2.75) is 10.9 Å². The van der Waals surface area contributed by atoms with Gasteiger partial charge >= 0.3 is 0 Å². The average molecular weight is 304 g/mol. The predicted molar refractivity (Wildman–Crippen MR) is 78.1 cm³/mol. The SMILES string of the molecule is O=c1[nH]c(SCc2ccccc2N([O-])O)nc2nc[nH]c12. The topological polar surface area (TPSA) is 121 Å². The quantitative estimate of drug-likeness (QED) is 0.380. The van der Waals surface area contributed by atoms with Gasteiger partial charge in [-0.05, 0) is 11.6 Å². The van der Waals surface area contributed by atoms with Gasteiger partial charge in [-0.25, -0.2) is 9.97 Å². The van der Waals surface area contributed by atoms with Crippen LogP contribution in [0.3, 0.4) is 0 Å². The molecule has 2 aromatic heterocycles. The lowest BCUT2D eigenvalue weighted by molar-refractivity contribution is 0.296. The Morgan fingerprint density at radius 2 is 2.19 bits per heavy atom. The van der Waals surface area contributed by atoms with E-state index in [1.54, 1.807) is 18.2 Å². The zero-order chi connectivity index (χ0) is 14.8. The van der Waals surface area contributed by atoms with Crippen molar-refractivity contribution in [1.29, 1.82) is 0 Å². The molecule has 0 aliphatic carbocycles. The Balaban J connectivity index is 1.85. The van der Waals surface area contributed by atoms with E-state index in [0.29, 0.717) is 27.6 Å². The molecule has 8 nitrogen and oxygen atoms in total. The van der Waals surface area contributed by atoms with E-state index in [9.17, 15) is 10.0 Å². The molecule has 0 fully saturated rings. The summed E-state index contributed by atoms with van der Waals surface area (Å²) in [5.74, 6) is 0.369. The first kappa shape index (κ1) is 13.6. The van der Waals surface area contributed by atoms with Crippen molar-refractivity contribution < 1.29 is 5.21 Å². The lowest BCUT2D eigenvalue weighted by atomic mass is 10.2. The van der Waals surface area contributed by atoms with Crippen LogP contribution in [0.5, 0.6) is 0 Å². The van der Waals surface area contributed by atoms with Crippen LogP contribution in [0.4, 0.5) is 5.69 Å². The molecule has 0 bridgehead atoms. The highest BCUT2D eigenvalue weighted by Crippen LogP contribution is 2.26. The maximum Gasteiger partial charge on any atom is 0.277 e. The highest BCUT2D eigenvalue weighted by atomic mass is 32.2. The van der Waals surface area contributed by atoms with Crippen molar-refractivity contribution in [2.75, 3.05) is 5.23 Å². The van der Waals surface area contributed by atoms with Gasteiger partial charge in [-0.15, -0.1) is 0 Å². The lowest BCUT2D eigenvalue weighted by Crippen LogP contribution is -2.10. The van der Waals surface area contributed by atoms with Crippen LogP contribution in [-0.4, -0.2) is 25.1 Å². The molecule has 3 N–H and O–H groups in total. The predicted octanol–water partition coefficient (Wildman–Crippen LogP) is 1.63. The van der Waals surface area contributed by atoms with Crippen LogP contribution in [0, 0.1) is 5.21 Å². The molecule has 0 atom stereocenters. The maximum absolute atomic E-state index is 11.8. The van der Waals surface area contributed by atoms with Crippen LogP contribution in [0.2, 0.25) is 0 Å². The first-order valence-corrected chi connectivity index (χ1v) is 6.94. The number of aromatic nitrogens is 4. The summed E-state index contributed by atoms with van der Waals surface area (Å²) >= 11 is 1.24. The van der Waals surface area contributed by atoms with Gasteiger partial charge in [0.2, 0.25) is 0 Å². The van der Waals surface area contributed by atoms with Gasteiger partial charge in [0.15, 0.2) is 16.3 Å². The Labute approximate surface area is 122 Å². The number of para-hydroxylation sites is 1. The van der Waals surface area contributed by atoms with E-state index < -0.39 is 0 Å². The number of thioether (sulfide) groups is 1. The average Bonchev–Trinajstić information content (AvgIpc) is 2.94. The molecule has 108 valence electrons. The number of anilines is 1. The van der Waals surface area contributed by atoms with Crippen LogP contribution < -0.4 is 10.8 Å². The molecule has 1 aromatic carbocycles. The van der Waals surface area contributed by atoms with Gasteiger partial charge in [-0.1, -0.05) is 30.0 Å². The molecular weight excluding hydrogens is 294 g/mol. The minimum Gasteiger partial charge on any atom is -0.733 e. The molecule has 0 spiro atoms. The second kappa shape index (κ2) is 5.56. The summed E-state index contributed by atoms with van der Waals surface area (Å²) in [6, 6.07) is 6.64. The second-order valence-electron chi connectivity index (χ2n) is 4.16. The fraction of sp³-hybridized carbons (Fsp3) is 0.0833. The normalized spacial score (nSPS) is 11.0. The Bertz CT molecular complexity index is 829. The number of hydrogen-bond acceptors (Lipinski definition) is 7. The summed E-state index contributed by atoms with van der Waals surface area (Å²) in [5.41, 5.74) is 1.14. The minimum absolute atomic E-state index is 0.160. The smallest absolute Gasteiger partial charge is 0.277 e. The number of imidazole rings is 1. The van der Waals surface area contributed by atoms with Gasteiger partial charge in [0, 0.05) is 5.75 Å². The molecule has 0 saturated carbocycles.